The van der Waals surface area contributed by atoms with E-state index in [-0.39, 0.29) is 6.04 Å². The second kappa shape index (κ2) is 6.92. The van der Waals surface area contributed by atoms with E-state index in [4.69, 9.17) is 0 Å². The Labute approximate surface area is 137 Å². The third kappa shape index (κ3) is 3.27. The van der Waals surface area contributed by atoms with Crippen LogP contribution >= 0.6 is 0 Å². The number of hydrogen-bond donors (Lipinski definition) is 0. The second-order valence-electron chi connectivity index (χ2n) is 6.14. The maximum absolute atomic E-state index is 10.9. The van der Waals surface area contributed by atoms with Crippen molar-refractivity contribution in [3.8, 4) is 5.69 Å². The number of rotatable bonds is 5. The van der Waals surface area contributed by atoms with Gasteiger partial charge < -0.3 is 9.36 Å². The monoisotopic (exact) mass is 309 g/mol. The lowest BCUT2D eigenvalue weighted by molar-refractivity contribution is -0.112. The van der Waals surface area contributed by atoms with Gasteiger partial charge in [-0.05, 0) is 50.6 Å². The smallest absolute Gasteiger partial charge is 0.136 e. The quantitative estimate of drug-likeness (QED) is 0.796. The van der Waals surface area contributed by atoms with Gasteiger partial charge in [0, 0.05) is 24.0 Å². The molecule has 4 heteroatoms. The van der Waals surface area contributed by atoms with Gasteiger partial charge in [-0.15, -0.1) is 0 Å². The maximum atomic E-state index is 10.9. The van der Waals surface area contributed by atoms with Crippen LogP contribution in [0.25, 0.3) is 11.8 Å². The molecule has 4 nitrogen and oxygen atoms in total. The first-order valence-electron chi connectivity index (χ1n) is 8.18. The molecule has 1 aromatic heterocycles. The Morgan fingerprint density at radius 1 is 1.26 bits per heavy atom. The number of likely N-dealkylation sites (tertiary alicyclic amines) is 1. The van der Waals surface area contributed by atoms with Gasteiger partial charge in [0.15, 0.2) is 0 Å². The highest BCUT2D eigenvalue weighted by atomic mass is 16.1. The molecular weight excluding hydrogens is 286 g/mol. The Kier molecular flexibility index (Phi) is 4.72. The van der Waals surface area contributed by atoms with Gasteiger partial charge in [-0.3, -0.25) is 4.90 Å². The summed E-state index contributed by atoms with van der Waals surface area (Å²) in [5.74, 6) is 1.56. The molecule has 23 heavy (non-hydrogen) atoms. The molecule has 1 fully saturated rings. The van der Waals surface area contributed by atoms with Crippen LogP contribution in [-0.2, 0) is 4.79 Å². The lowest BCUT2D eigenvalue weighted by Gasteiger charge is -2.33. The summed E-state index contributed by atoms with van der Waals surface area (Å²) in [5.41, 5.74) is 2.25. The van der Waals surface area contributed by atoms with Crippen molar-refractivity contribution in [2.45, 2.75) is 31.7 Å². The van der Waals surface area contributed by atoms with E-state index >= 15 is 0 Å². The molecule has 1 aliphatic heterocycles. The average Bonchev–Trinajstić information content (AvgIpc) is 3.11. The fourth-order valence-corrected chi connectivity index (χ4v) is 3.26. The second-order valence-corrected chi connectivity index (χ2v) is 6.14. The van der Waals surface area contributed by atoms with Gasteiger partial charge in [-0.2, -0.15) is 0 Å². The van der Waals surface area contributed by atoms with Gasteiger partial charge in [0.05, 0.1) is 6.04 Å². The number of carbonyl (C=O) groups is 1. The third-order valence-electron chi connectivity index (χ3n) is 4.74. The zero-order valence-electron chi connectivity index (χ0n) is 13.6. The third-order valence-corrected chi connectivity index (χ3v) is 4.74. The van der Waals surface area contributed by atoms with Crippen LogP contribution in [0.1, 0.15) is 37.1 Å². The first-order valence-corrected chi connectivity index (χ1v) is 8.18. The molecule has 0 spiro atoms. The number of benzene rings is 1. The SMILES string of the molecule is C=Cc1ccc(-n2ccnc2C2CCN(C(C)C=O)CC2)cc1. The average molecular weight is 309 g/mol. The number of nitrogens with zero attached hydrogens (tertiary/aromatic N) is 3. The largest absolute Gasteiger partial charge is 0.304 e. The number of piperidine rings is 1. The van der Waals surface area contributed by atoms with Crippen molar-refractivity contribution < 1.29 is 4.79 Å². The molecule has 120 valence electrons. The fraction of sp³-hybridized carbons (Fsp3) is 0.368. The molecule has 0 N–H and O–H groups in total. The highest BCUT2D eigenvalue weighted by Gasteiger charge is 2.26. The topological polar surface area (TPSA) is 38.1 Å². The molecule has 0 amide bonds. The highest BCUT2D eigenvalue weighted by molar-refractivity contribution is 5.56. The van der Waals surface area contributed by atoms with E-state index in [0.29, 0.717) is 5.92 Å². The summed E-state index contributed by atoms with van der Waals surface area (Å²) in [5, 5.41) is 0. The van der Waals surface area contributed by atoms with Crippen molar-refractivity contribution >= 4 is 12.4 Å². The van der Waals surface area contributed by atoms with E-state index in [1.165, 1.54) is 0 Å². The summed E-state index contributed by atoms with van der Waals surface area (Å²) >= 11 is 0. The van der Waals surface area contributed by atoms with E-state index in [2.05, 4.69) is 45.3 Å². The number of carbonyl (C=O) groups excluding carboxylic acids is 1. The molecule has 0 bridgehead atoms. The molecule has 0 aliphatic carbocycles. The lowest BCUT2D eigenvalue weighted by atomic mass is 9.95. The minimum atomic E-state index is 0.0159. The predicted molar refractivity (Wildman–Crippen MR) is 92.7 cm³/mol. The first kappa shape index (κ1) is 15.7. The molecule has 0 saturated carbocycles. The minimum absolute atomic E-state index is 0.0159. The van der Waals surface area contributed by atoms with Crippen LogP contribution in [0.15, 0.2) is 43.2 Å². The summed E-state index contributed by atoms with van der Waals surface area (Å²) in [7, 11) is 0. The van der Waals surface area contributed by atoms with Gasteiger partial charge in [-0.1, -0.05) is 24.8 Å². The molecule has 1 aliphatic rings. The van der Waals surface area contributed by atoms with E-state index in [9.17, 15) is 4.79 Å². The Bertz CT molecular complexity index is 666. The van der Waals surface area contributed by atoms with Crippen molar-refractivity contribution in [1.82, 2.24) is 14.5 Å². The zero-order chi connectivity index (χ0) is 16.2. The Hall–Kier alpha value is -2.20. The van der Waals surface area contributed by atoms with Crippen LogP contribution in [0.4, 0.5) is 0 Å². The molecule has 1 saturated heterocycles. The van der Waals surface area contributed by atoms with E-state index in [1.807, 2.05) is 25.4 Å². The van der Waals surface area contributed by atoms with Crippen LogP contribution in [-0.4, -0.2) is 39.9 Å². The molecule has 0 radical (unpaired) electrons. The molecule has 2 heterocycles. The highest BCUT2D eigenvalue weighted by Crippen LogP contribution is 2.29. The van der Waals surface area contributed by atoms with Gasteiger partial charge in [0.1, 0.15) is 12.1 Å². The summed E-state index contributed by atoms with van der Waals surface area (Å²) in [6, 6.07) is 8.36. The minimum Gasteiger partial charge on any atom is -0.304 e. The molecule has 2 aromatic rings. The Morgan fingerprint density at radius 2 is 1.96 bits per heavy atom. The summed E-state index contributed by atoms with van der Waals surface area (Å²) in [6.45, 7) is 7.66. The van der Waals surface area contributed by atoms with Gasteiger partial charge in [0.2, 0.25) is 0 Å². The summed E-state index contributed by atoms with van der Waals surface area (Å²) in [6.07, 6.45) is 8.86. The van der Waals surface area contributed by atoms with Crippen LogP contribution < -0.4 is 0 Å². The van der Waals surface area contributed by atoms with E-state index in [0.717, 1.165) is 49.3 Å². The number of aromatic nitrogens is 2. The van der Waals surface area contributed by atoms with Gasteiger partial charge in [0.25, 0.3) is 0 Å². The summed E-state index contributed by atoms with van der Waals surface area (Å²) < 4.78 is 2.18. The molecular formula is C19H23N3O. The number of hydrogen-bond acceptors (Lipinski definition) is 3. The van der Waals surface area contributed by atoms with E-state index < -0.39 is 0 Å². The van der Waals surface area contributed by atoms with Crippen molar-refractivity contribution in [2.75, 3.05) is 13.1 Å². The summed E-state index contributed by atoms with van der Waals surface area (Å²) in [4.78, 5) is 17.8. The van der Waals surface area contributed by atoms with Crippen molar-refractivity contribution in [3.63, 3.8) is 0 Å². The standard InChI is InChI=1S/C19H23N3O/c1-3-16-4-6-18(7-5-16)22-13-10-20-19(22)17-8-11-21(12-9-17)15(2)14-23/h3-7,10,13-15,17H,1,8-9,11-12H2,2H3. The van der Waals surface area contributed by atoms with Crippen LogP contribution in [0.2, 0.25) is 0 Å². The van der Waals surface area contributed by atoms with Crippen molar-refractivity contribution in [1.29, 1.82) is 0 Å². The van der Waals surface area contributed by atoms with Crippen molar-refractivity contribution in [2.24, 2.45) is 0 Å². The predicted octanol–water partition coefficient (Wildman–Crippen LogP) is 3.28. The zero-order valence-corrected chi connectivity index (χ0v) is 13.6. The van der Waals surface area contributed by atoms with Crippen LogP contribution in [0, 0.1) is 0 Å². The van der Waals surface area contributed by atoms with Crippen LogP contribution in [0.5, 0.6) is 0 Å². The lowest BCUT2D eigenvalue weighted by Crippen LogP contribution is -2.40. The fourth-order valence-electron chi connectivity index (χ4n) is 3.26. The Balaban J connectivity index is 1.76. The molecule has 3 rings (SSSR count). The van der Waals surface area contributed by atoms with Crippen LogP contribution in [0.3, 0.4) is 0 Å². The maximum Gasteiger partial charge on any atom is 0.136 e. The normalized spacial score (nSPS) is 17.8. The molecule has 1 aromatic carbocycles. The van der Waals surface area contributed by atoms with Gasteiger partial charge >= 0.3 is 0 Å². The molecule has 1 atom stereocenters. The number of imidazole rings is 1. The molecule has 1 unspecified atom stereocenters. The Morgan fingerprint density at radius 3 is 2.57 bits per heavy atom. The van der Waals surface area contributed by atoms with Gasteiger partial charge in [-0.25, -0.2) is 4.98 Å². The van der Waals surface area contributed by atoms with E-state index in [1.54, 1.807) is 0 Å². The number of aldehydes is 1. The van der Waals surface area contributed by atoms with Crippen molar-refractivity contribution in [3.05, 3.63) is 54.6 Å². The first-order chi connectivity index (χ1) is 11.2.